The number of nitrogens with zero attached hydrogens (tertiary/aromatic N) is 3. The van der Waals surface area contributed by atoms with Crippen LogP contribution in [0.2, 0.25) is 0 Å². The van der Waals surface area contributed by atoms with E-state index in [9.17, 15) is 31.9 Å². The normalized spacial score (nSPS) is 18.8. The maximum Gasteiger partial charge on any atom is 0.305 e. The number of alkyl halides is 2. The van der Waals surface area contributed by atoms with Crippen molar-refractivity contribution in [3.8, 4) is 11.1 Å². The largest absolute Gasteiger partial charge is 0.392 e. The SMILES string of the molecule is CN[C@@H]1CN(C)/C(=C\N(C=O)c2noc3cc(CO)cc(-c4c(F)cc(F)cc4F)c23)C1(F)F. The van der Waals surface area contributed by atoms with Gasteiger partial charge in [-0.15, -0.1) is 0 Å². The van der Waals surface area contributed by atoms with Gasteiger partial charge < -0.3 is 19.8 Å². The molecule has 180 valence electrons. The van der Waals surface area contributed by atoms with Gasteiger partial charge in [0.1, 0.15) is 23.1 Å². The van der Waals surface area contributed by atoms with Gasteiger partial charge >= 0.3 is 5.92 Å². The van der Waals surface area contributed by atoms with E-state index in [-0.39, 0.29) is 40.9 Å². The van der Waals surface area contributed by atoms with E-state index in [0.717, 1.165) is 6.20 Å². The number of hydrogen-bond acceptors (Lipinski definition) is 6. The Hall–Kier alpha value is -3.51. The fourth-order valence-corrected chi connectivity index (χ4v) is 4.03. The molecule has 2 aromatic carbocycles. The molecule has 1 aliphatic heterocycles. The summed E-state index contributed by atoms with van der Waals surface area (Å²) >= 11 is 0. The summed E-state index contributed by atoms with van der Waals surface area (Å²) in [4.78, 5) is 13.9. The number of aliphatic hydroxyl groups excluding tert-OH is 1. The van der Waals surface area contributed by atoms with Crippen molar-refractivity contribution in [2.75, 3.05) is 25.5 Å². The van der Waals surface area contributed by atoms with E-state index >= 15 is 0 Å². The van der Waals surface area contributed by atoms with Crippen molar-refractivity contribution in [2.24, 2.45) is 0 Å². The monoisotopic (exact) mass is 482 g/mol. The number of likely N-dealkylation sites (N-methyl/N-ethyl adjacent to an activating group) is 2. The summed E-state index contributed by atoms with van der Waals surface area (Å²) in [6, 6.07) is 2.25. The van der Waals surface area contributed by atoms with E-state index in [1.54, 1.807) is 0 Å². The topological polar surface area (TPSA) is 81.8 Å². The van der Waals surface area contributed by atoms with Crippen LogP contribution in [0.1, 0.15) is 5.56 Å². The number of carbonyl (C=O) groups is 1. The number of amides is 1. The highest BCUT2D eigenvalue weighted by Crippen LogP contribution is 2.41. The molecule has 7 nitrogen and oxygen atoms in total. The molecule has 0 aliphatic carbocycles. The molecule has 1 saturated heterocycles. The molecule has 0 radical (unpaired) electrons. The lowest BCUT2D eigenvalue weighted by molar-refractivity contribution is -0.107. The smallest absolute Gasteiger partial charge is 0.305 e. The van der Waals surface area contributed by atoms with E-state index in [1.807, 2.05) is 0 Å². The summed E-state index contributed by atoms with van der Waals surface area (Å²) in [6.07, 6.45) is 1.06. The Bertz CT molecular complexity index is 1270. The standard InChI is InChI=1S/C22H19F5N4O3/c1-28-17-7-30(2)18(22(17,26)27)8-31(10-33)21-20-13(3-11(9-32)4-16(20)34-29-21)19-14(24)5-12(23)6-15(19)25/h3-6,8,10,17,28,32H,7,9H2,1-2H3/b18-8-/t17-/m1/s1. The molecule has 0 bridgehead atoms. The van der Waals surface area contributed by atoms with Crippen molar-refractivity contribution in [1.82, 2.24) is 15.4 Å². The molecule has 4 rings (SSSR count). The van der Waals surface area contributed by atoms with E-state index in [0.29, 0.717) is 17.0 Å². The van der Waals surface area contributed by atoms with Gasteiger partial charge in [-0.3, -0.25) is 9.69 Å². The Balaban J connectivity index is 1.95. The minimum absolute atomic E-state index is 0.0430. The third kappa shape index (κ3) is 3.78. The Kier molecular flexibility index (Phi) is 6.04. The zero-order valence-corrected chi connectivity index (χ0v) is 18.0. The van der Waals surface area contributed by atoms with Gasteiger partial charge in [-0.25, -0.2) is 13.2 Å². The van der Waals surface area contributed by atoms with Gasteiger partial charge in [-0.2, -0.15) is 8.78 Å². The first kappa shape index (κ1) is 23.6. The number of likely N-dealkylation sites (tertiary alicyclic amines) is 1. The van der Waals surface area contributed by atoms with E-state index in [4.69, 9.17) is 4.52 Å². The predicted molar refractivity (Wildman–Crippen MR) is 112 cm³/mol. The first-order chi connectivity index (χ1) is 16.1. The number of benzene rings is 2. The van der Waals surface area contributed by atoms with Crippen LogP contribution in [0.3, 0.4) is 0 Å². The first-order valence-corrected chi connectivity index (χ1v) is 10.0. The number of aromatic nitrogens is 1. The molecule has 0 saturated carbocycles. The van der Waals surface area contributed by atoms with Crippen molar-refractivity contribution in [2.45, 2.75) is 18.6 Å². The Labute approximate surface area is 190 Å². The van der Waals surface area contributed by atoms with Gasteiger partial charge in [-0.05, 0) is 24.7 Å². The van der Waals surface area contributed by atoms with Gasteiger partial charge in [-0.1, -0.05) is 5.16 Å². The minimum Gasteiger partial charge on any atom is -0.392 e. The highest BCUT2D eigenvalue weighted by molar-refractivity contribution is 6.05. The molecule has 1 amide bonds. The lowest BCUT2D eigenvalue weighted by Gasteiger charge is -2.21. The number of hydrogen-bond donors (Lipinski definition) is 2. The van der Waals surface area contributed by atoms with Crippen LogP contribution in [0, 0.1) is 17.5 Å². The third-order valence-corrected chi connectivity index (χ3v) is 5.69. The number of carbonyl (C=O) groups excluding carboxylic acids is 1. The second kappa shape index (κ2) is 8.69. The number of nitrogens with one attached hydrogen (secondary N) is 1. The second-order valence-corrected chi connectivity index (χ2v) is 7.80. The van der Waals surface area contributed by atoms with Gasteiger partial charge in [0.05, 0.1) is 23.6 Å². The quantitative estimate of drug-likeness (QED) is 0.414. The summed E-state index contributed by atoms with van der Waals surface area (Å²) in [5.74, 6) is -7.32. The molecule has 0 spiro atoms. The van der Waals surface area contributed by atoms with E-state index in [1.165, 1.54) is 31.1 Å². The molecule has 1 atom stereocenters. The van der Waals surface area contributed by atoms with E-state index in [2.05, 4.69) is 10.5 Å². The van der Waals surface area contributed by atoms with Crippen LogP contribution in [-0.4, -0.2) is 54.2 Å². The fraction of sp³-hybridized carbons (Fsp3) is 0.273. The van der Waals surface area contributed by atoms with Crippen molar-refractivity contribution in [1.29, 1.82) is 0 Å². The van der Waals surface area contributed by atoms with Crippen LogP contribution in [0.25, 0.3) is 22.1 Å². The van der Waals surface area contributed by atoms with Crippen molar-refractivity contribution >= 4 is 23.2 Å². The zero-order chi connectivity index (χ0) is 24.8. The summed E-state index contributed by atoms with van der Waals surface area (Å²) in [5.41, 5.74) is -1.27. The number of rotatable bonds is 6. The highest BCUT2D eigenvalue weighted by atomic mass is 19.3. The third-order valence-electron chi connectivity index (χ3n) is 5.69. The molecular formula is C22H19F5N4O3. The van der Waals surface area contributed by atoms with Crippen LogP contribution >= 0.6 is 0 Å². The average molecular weight is 482 g/mol. The van der Waals surface area contributed by atoms with Gasteiger partial charge in [0.15, 0.2) is 11.4 Å². The minimum atomic E-state index is -3.34. The van der Waals surface area contributed by atoms with Gasteiger partial charge in [0, 0.05) is 37.5 Å². The summed E-state index contributed by atoms with van der Waals surface area (Å²) < 4.78 is 77.7. The van der Waals surface area contributed by atoms with Crippen LogP contribution in [0.4, 0.5) is 27.8 Å². The second-order valence-electron chi connectivity index (χ2n) is 7.80. The maximum absolute atomic E-state index is 14.8. The van der Waals surface area contributed by atoms with Crippen LogP contribution in [0.5, 0.6) is 0 Å². The molecule has 12 heteroatoms. The number of halogens is 5. The lowest BCUT2D eigenvalue weighted by atomic mass is 9.97. The first-order valence-electron chi connectivity index (χ1n) is 10.0. The molecule has 2 N–H and O–H groups in total. The van der Waals surface area contributed by atoms with E-state index < -0.39 is 47.3 Å². The zero-order valence-electron chi connectivity index (χ0n) is 18.0. The number of aliphatic hydroxyl groups is 1. The molecule has 3 aromatic rings. The van der Waals surface area contributed by atoms with Gasteiger partial charge in [0.2, 0.25) is 6.41 Å². The fourth-order valence-electron chi connectivity index (χ4n) is 4.03. The molecule has 0 unspecified atom stereocenters. The molecular weight excluding hydrogens is 463 g/mol. The summed E-state index contributed by atoms with van der Waals surface area (Å²) in [7, 11) is 2.80. The average Bonchev–Trinajstić information content (AvgIpc) is 3.29. The van der Waals surface area contributed by atoms with Crippen molar-refractivity contribution < 1.29 is 36.4 Å². The Morgan fingerprint density at radius 1 is 1.26 bits per heavy atom. The number of anilines is 1. The van der Waals surface area contributed by atoms with Gasteiger partial charge in [0.25, 0.3) is 0 Å². The highest BCUT2D eigenvalue weighted by Gasteiger charge is 2.51. The van der Waals surface area contributed by atoms with Crippen molar-refractivity contribution in [3.63, 3.8) is 0 Å². The van der Waals surface area contributed by atoms with Crippen LogP contribution < -0.4 is 10.2 Å². The molecule has 1 fully saturated rings. The van der Waals surface area contributed by atoms with Crippen LogP contribution in [0.15, 0.2) is 40.7 Å². The number of fused-ring (bicyclic) bond motifs is 1. The predicted octanol–water partition coefficient (Wildman–Crippen LogP) is 3.38. The molecule has 1 aromatic heterocycles. The summed E-state index contributed by atoms with van der Waals surface area (Å²) in [5, 5.41) is 15.7. The Morgan fingerprint density at radius 3 is 2.50 bits per heavy atom. The lowest BCUT2D eigenvalue weighted by Crippen LogP contribution is -2.41. The van der Waals surface area contributed by atoms with Crippen LogP contribution in [-0.2, 0) is 11.4 Å². The molecule has 1 aliphatic rings. The molecule has 2 heterocycles. The Morgan fingerprint density at radius 2 is 1.94 bits per heavy atom. The molecule has 34 heavy (non-hydrogen) atoms. The summed E-state index contributed by atoms with van der Waals surface area (Å²) in [6.45, 7) is -0.577. The maximum atomic E-state index is 14.8. The van der Waals surface area contributed by atoms with Crippen molar-refractivity contribution in [3.05, 3.63) is 59.2 Å².